The molecule has 0 saturated carbocycles. The SMILES string of the molecule is Cc1ccccc1OCC(O)CNC(c1ccc(F)cc1)C(C)(C)C. The van der Waals surface area contributed by atoms with E-state index in [1.165, 1.54) is 12.1 Å². The van der Waals surface area contributed by atoms with Crippen molar-refractivity contribution in [3.8, 4) is 5.75 Å². The van der Waals surface area contributed by atoms with Gasteiger partial charge in [0.2, 0.25) is 0 Å². The number of hydrogen-bond donors (Lipinski definition) is 2. The highest BCUT2D eigenvalue weighted by Crippen LogP contribution is 2.32. The van der Waals surface area contributed by atoms with Crippen LogP contribution in [-0.4, -0.2) is 24.4 Å². The van der Waals surface area contributed by atoms with Crippen LogP contribution in [0.5, 0.6) is 5.75 Å². The Morgan fingerprint density at radius 3 is 2.32 bits per heavy atom. The molecule has 2 aromatic carbocycles. The van der Waals surface area contributed by atoms with Crippen LogP contribution in [-0.2, 0) is 0 Å². The van der Waals surface area contributed by atoms with Gasteiger partial charge in [0.05, 0.1) is 0 Å². The van der Waals surface area contributed by atoms with E-state index in [2.05, 4.69) is 26.1 Å². The van der Waals surface area contributed by atoms with Crippen molar-refractivity contribution in [1.82, 2.24) is 5.32 Å². The lowest BCUT2D eigenvalue weighted by Crippen LogP contribution is -2.39. The molecule has 2 rings (SSSR count). The molecule has 2 unspecified atom stereocenters. The minimum absolute atomic E-state index is 0.00112. The van der Waals surface area contributed by atoms with E-state index >= 15 is 0 Å². The lowest BCUT2D eigenvalue weighted by Gasteiger charge is -2.33. The Balaban J connectivity index is 1.93. The first-order valence-electron chi connectivity index (χ1n) is 8.62. The third kappa shape index (κ3) is 5.83. The minimum Gasteiger partial charge on any atom is -0.491 e. The summed E-state index contributed by atoms with van der Waals surface area (Å²) in [4.78, 5) is 0. The van der Waals surface area contributed by atoms with E-state index in [1.54, 1.807) is 12.1 Å². The van der Waals surface area contributed by atoms with E-state index in [1.807, 2.05) is 31.2 Å². The first-order valence-corrected chi connectivity index (χ1v) is 8.62. The molecule has 0 amide bonds. The molecule has 136 valence electrons. The molecule has 25 heavy (non-hydrogen) atoms. The lowest BCUT2D eigenvalue weighted by atomic mass is 9.82. The predicted octanol–water partition coefficient (Wildman–Crippen LogP) is 4.25. The topological polar surface area (TPSA) is 41.5 Å². The van der Waals surface area contributed by atoms with Crippen LogP contribution >= 0.6 is 0 Å². The smallest absolute Gasteiger partial charge is 0.123 e. The van der Waals surface area contributed by atoms with E-state index in [0.717, 1.165) is 16.9 Å². The van der Waals surface area contributed by atoms with Gasteiger partial charge in [-0.25, -0.2) is 4.39 Å². The van der Waals surface area contributed by atoms with Gasteiger partial charge in [-0.05, 0) is 41.7 Å². The van der Waals surface area contributed by atoms with Gasteiger partial charge in [0.15, 0.2) is 0 Å². The summed E-state index contributed by atoms with van der Waals surface area (Å²) in [7, 11) is 0. The molecular weight excluding hydrogens is 317 g/mol. The molecule has 4 heteroatoms. The summed E-state index contributed by atoms with van der Waals surface area (Å²) in [5, 5.41) is 13.7. The highest BCUT2D eigenvalue weighted by Gasteiger charge is 2.26. The van der Waals surface area contributed by atoms with E-state index in [9.17, 15) is 9.50 Å². The fourth-order valence-electron chi connectivity index (χ4n) is 2.80. The van der Waals surface area contributed by atoms with Crippen molar-refractivity contribution in [2.75, 3.05) is 13.2 Å². The van der Waals surface area contributed by atoms with Gasteiger partial charge in [0, 0.05) is 12.6 Å². The Morgan fingerprint density at radius 1 is 1.08 bits per heavy atom. The first-order chi connectivity index (χ1) is 11.8. The fraction of sp³-hybridized carbons (Fsp3) is 0.429. The number of aliphatic hydroxyl groups excluding tert-OH is 1. The van der Waals surface area contributed by atoms with Gasteiger partial charge in [-0.2, -0.15) is 0 Å². The zero-order valence-electron chi connectivity index (χ0n) is 15.4. The molecule has 0 aliphatic heterocycles. The average Bonchev–Trinajstić information content (AvgIpc) is 2.55. The number of benzene rings is 2. The average molecular weight is 345 g/mol. The van der Waals surface area contributed by atoms with Crippen molar-refractivity contribution < 1.29 is 14.2 Å². The van der Waals surface area contributed by atoms with Crippen LogP contribution in [0.2, 0.25) is 0 Å². The van der Waals surface area contributed by atoms with E-state index in [-0.39, 0.29) is 23.9 Å². The number of hydrogen-bond acceptors (Lipinski definition) is 3. The molecule has 0 radical (unpaired) electrons. The normalized spacial score (nSPS) is 14.2. The molecule has 2 atom stereocenters. The number of rotatable bonds is 7. The number of nitrogens with one attached hydrogen (secondary N) is 1. The Morgan fingerprint density at radius 2 is 1.72 bits per heavy atom. The molecule has 0 aliphatic rings. The molecule has 0 fully saturated rings. The van der Waals surface area contributed by atoms with Crippen LogP contribution in [0.15, 0.2) is 48.5 Å². The number of aryl methyl sites for hydroxylation is 1. The molecule has 0 aliphatic carbocycles. The molecule has 0 aromatic heterocycles. The zero-order valence-corrected chi connectivity index (χ0v) is 15.4. The first kappa shape index (κ1) is 19.4. The van der Waals surface area contributed by atoms with E-state index < -0.39 is 6.10 Å². The van der Waals surface area contributed by atoms with Crippen LogP contribution < -0.4 is 10.1 Å². The van der Waals surface area contributed by atoms with Gasteiger partial charge in [0.1, 0.15) is 24.3 Å². The monoisotopic (exact) mass is 345 g/mol. The largest absolute Gasteiger partial charge is 0.491 e. The molecule has 0 heterocycles. The quantitative estimate of drug-likeness (QED) is 0.788. The number of para-hydroxylation sites is 1. The second-order valence-electron chi connectivity index (χ2n) is 7.49. The maximum Gasteiger partial charge on any atom is 0.123 e. The van der Waals surface area contributed by atoms with Gasteiger partial charge >= 0.3 is 0 Å². The second-order valence-corrected chi connectivity index (χ2v) is 7.49. The van der Waals surface area contributed by atoms with Crippen LogP contribution in [0.1, 0.15) is 37.9 Å². The van der Waals surface area contributed by atoms with Crippen molar-refractivity contribution in [3.63, 3.8) is 0 Å². The maximum atomic E-state index is 13.2. The second kappa shape index (κ2) is 8.45. The van der Waals surface area contributed by atoms with E-state index in [0.29, 0.717) is 6.54 Å². The highest BCUT2D eigenvalue weighted by molar-refractivity contribution is 5.31. The Kier molecular flexibility index (Phi) is 6.57. The van der Waals surface area contributed by atoms with Crippen LogP contribution in [0.4, 0.5) is 4.39 Å². The minimum atomic E-state index is -0.634. The van der Waals surface area contributed by atoms with Crippen molar-refractivity contribution in [1.29, 1.82) is 0 Å². The van der Waals surface area contributed by atoms with Gasteiger partial charge in [-0.1, -0.05) is 51.1 Å². The van der Waals surface area contributed by atoms with Gasteiger partial charge in [-0.15, -0.1) is 0 Å². The van der Waals surface area contributed by atoms with Crippen molar-refractivity contribution in [2.24, 2.45) is 5.41 Å². The molecular formula is C21H28FNO2. The molecule has 2 aromatic rings. The third-order valence-electron chi connectivity index (χ3n) is 4.15. The Labute approximate surface area is 149 Å². The number of aliphatic hydroxyl groups is 1. The van der Waals surface area contributed by atoms with Gasteiger partial charge in [0.25, 0.3) is 0 Å². The summed E-state index contributed by atoms with van der Waals surface area (Å²) in [6, 6.07) is 14.2. The Hall–Kier alpha value is -1.91. The van der Waals surface area contributed by atoms with Crippen LogP contribution in [0.3, 0.4) is 0 Å². The zero-order chi connectivity index (χ0) is 18.4. The van der Waals surface area contributed by atoms with Crippen molar-refractivity contribution >= 4 is 0 Å². The summed E-state index contributed by atoms with van der Waals surface area (Å²) >= 11 is 0. The van der Waals surface area contributed by atoms with Gasteiger partial charge < -0.3 is 15.2 Å². The highest BCUT2D eigenvalue weighted by atomic mass is 19.1. The summed E-state index contributed by atoms with van der Waals surface area (Å²) in [5.41, 5.74) is 1.97. The lowest BCUT2D eigenvalue weighted by molar-refractivity contribution is 0.0968. The third-order valence-corrected chi connectivity index (χ3v) is 4.15. The number of halogens is 1. The van der Waals surface area contributed by atoms with Gasteiger partial charge in [-0.3, -0.25) is 0 Å². The molecule has 0 bridgehead atoms. The molecule has 3 nitrogen and oxygen atoms in total. The predicted molar refractivity (Wildman–Crippen MR) is 99.3 cm³/mol. The van der Waals surface area contributed by atoms with Crippen LogP contribution in [0, 0.1) is 18.2 Å². The summed E-state index contributed by atoms with van der Waals surface area (Å²) in [5.74, 6) is 0.538. The van der Waals surface area contributed by atoms with E-state index in [4.69, 9.17) is 4.74 Å². The Bertz CT molecular complexity index is 664. The summed E-state index contributed by atoms with van der Waals surface area (Å²) in [6.45, 7) is 8.94. The van der Waals surface area contributed by atoms with Crippen LogP contribution in [0.25, 0.3) is 0 Å². The molecule has 0 saturated heterocycles. The number of ether oxygens (including phenoxy) is 1. The molecule has 2 N–H and O–H groups in total. The maximum absolute atomic E-state index is 13.2. The van der Waals surface area contributed by atoms with Crippen molar-refractivity contribution in [2.45, 2.75) is 39.8 Å². The fourth-order valence-corrected chi connectivity index (χ4v) is 2.80. The van der Waals surface area contributed by atoms with Crippen molar-refractivity contribution in [3.05, 3.63) is 65.5 Å². The standard InChI is InChI=1S/C21H28FNO2/c1-15-7-5-6-8-19(15)25-14-18(24)13-23-20(21(2,3)4)16-9-11-17(22)12-10-16/h5-12,18,20,23-24H,13-14H2,1-4H3. The summed E-state index contributed by atoms with van der Waals surface area (Å²) < 4.78 is 18.9. The summed E-state index contributed by atoms with van der Waals surface area (Å²) in [6.07, 6.45) is -0.634. The molecule has 0 spiro atoms.